The standard InChI is InChI=1S/C16H18ClN/c1-11-6-12(2)8-14(7-11)15-5-4-13(10-18-3)9-16(15)17/h4-9,18H,10H2,1-3H3. The van der Waals surface area contributed by atoms with E-state index in [1.165, 1.54) is 22.3 Å². The van der Waals surface area contributed by atoms with Gasteiger partial charge in [-0.3, -0.25) is 0 Å². The highest BCUT2D eigenvalue weighted by Gasteiger charge is 2.05. The van der Waals surface area contributed by atoms with Gasteiger partial charge in [-0.15, -0.1) is 0 Å². The van der Waals surface area contributed by atoms with Crippen molar-refractivity contribution in [2.24, 2.45) is 0 Å². The summed E-state index contributed by atoms with van der Waals surface area (Å²) in [6.07, 6.45) is 0. The molecule has 94 valence electrons. The molecule has 2 heteroatoms. The van der Waals surface area contributed by atoms with Crippen LogP contribution >= 0.6 is 11.6 Å². The second-order valence-electron chi connectivity index (χ2n) is 4.72. The van der Waals surface area contributed by atoms with E-state index in [1.54, 1.807) is 0 Å². The topological polar surface area (TPSA) is 12.0 Å². The van der Waals surface area contributed by atoms with Crippen LogP contribution in [0.2, 0.25) is 5.02 Å². The van der Waals surface area contributed by atoms with Crippen molar-refractivity contribution in [3.63, 3.8) is 0 Å². The molecule has 0 spiro atoms. The van der Waals surface area contributed by atoms with Crippen LogP contribution in [0.1, 0.15) is 16.7 Å². The van der Waals surface area contributed by atoms with Gasteiger partial charge in [-0.1, -0.05) is 53.1 Å². The molecule has 0 radical (unpaired) electrons. The summed E-state index contributed by atoms with van der Waals surface area (Å²) in [5, 5.41) is 3.94. The van der Waals surface area contributed by atoms with Crippen molar-refractivity contribution in [2.45, 2.75) is 20.4 Å². The lowest BCUT2D eigenvalue weighted by molar-refractivity contribution is 0.818. The molecule has 0 saturated carbocycles. The number of nitrogens with one attached hydrogen (secondary N) is 1. The lowest BCUT2D eigenvalue weighted by Gasteiger charge is -2.09. The van der Waals surface area contributed by atoms with Gasteiger partial charge in [-0.05, 0) is 38.1 Å². The minimum Gasteiger partial charge on any atom is -0.316 e. The predicted molar refractivity (Wildman–Crippen MR) is 79.1 cm³/mol. The van der Waals surface area contributed by atoms with Gasteiger partial charge in [0.25, 0.3) is 0 Å². The van der Waals surface area contributed by atoms with Crippen LogP contribution in [-0.2, 0) is 6.54 Å². The first-order chi connectivity index (χ1) is 8.60. The highest BCUT2D eigenvalue weighted by molar-refractivity contribution is 6.33. The number of halogens is 1. The zero-order valence-corrected chi connectivity index (χ0v) is 11.8. The van der Waals surface area contributed by atoms with Crippen LogP contribution < -0.4 is 5.32 Å². The molecule has 0 aliphatic heterocycles. The Balaban J connectivity index is 2.44. The molecule has 2 rings (SSSR count). The van der Waals surface area contributed by atoms with E-state index in [9.17, 15) is 0 Å². The van der Waals surface area contributed by atoms with Gasteiger partial charge in [0.2, 0.25) is 0 Å². The van der Waals surface area contributed by atoms with E-state index in [4.69, 9.17) is 11.6 Å². The van der Waals surface area contributed by atoms with E-state index in [-0.39, 0.29) is 0 Å². The molecule has 0 amide bonds. The fourth-order valence-electron chi connectivity index (χ4n) is 2.24. The van der Waals surface area contributed by atoms with Crippen LogP contribution in [0.4, 0.5) is 0 Å². The lowest BCUT2D eigenvalue weighted by atomic mass is 9.99. The number of rotatable bonds is 3. The van der Waals surface area contributed by atoms with Crippen LogP contribution in [0, 0.1) is 13.8 Å². The third-order valence-corrected chi connectivity index (χ3v) is 3.26. The smallest absolute Gasteiger partial charge is 0.0487 e. The van der Waals surface area contributed by atoms with Crippen LogP contribution in [-0.4, -0.2) is 7.05 Å². The molecule has 0 aliphatic rings. The maximum absolute atomic E-state index is 6.38. The summed E-state index contributed by atoms with van der Waals surface area (Å²) < 4.78 is 0. The van der Waals surface area contributed by atoms with Crippen molar-refractivity contribution in [2.75, 3.05) is 7.05 Å². The summed E-state index contributed by atoms with van der Waals surface area (Å²) in [5.74, 6) is 0. The van der Waals surface area contributed by atoms with Crippen LogP contribution in [0.5, 0.6) is 0 Å². The van der Waals surface area contributed by atoms with Gasteiger partial charge in [0.1, 0.15) is 0 Å². The summed E-state index contributed by atoms with van der Waals surface area (Å²) in [4.78, 5) is 0. The Bertz CT molecular complexity index is 541. The summed E-state index contributed by atoms with van der Waals surface area (Å²) in [5.41, 5.74) is 6.02. The second kappa shape index (κ2) is 5.55. The van der Waals surface area contributed by atoms with Gasteiger partial charge in [0.05, 0.1) is 0 Å². The number of benzene rings is 2. The fourth-order valence-corrected chi connectivity index (χ4v) is 2.55. The predicted octanol–water partition coefficient (Wildman–Crippen LogP) is 4.34. The number of aryl methyl sites for hydroxylation is 2. The van der Waals surface area contributed by atoms with Crippen molar-refractivity contribution in [3.8, 4) is 11.1 Å². The van der Waals surface area contributed by atoms with Crippen molar-refractivity contribution >= 4 is 11.6 Å². The Morgan fingerprint density at radius 2 is 1.67 bits per heavy atom. The molecule has 0 bridgehead atoms. The number of hydrogen-bond donors (Lipinski definition) is 1. The molecule has 18 heavy (non-hydrogen) atoms. The van der Waals surface area contributed by atoms with Crippen LogP contribution in [0.15, 0.2) is 36.4 Å². The second-order valence-corrected chi connectivity index (χ2v) is 5.13. The Morgan fingerprint density at radius 1 is 1.00 bits per heavy atom. The molecule has 0 atom stereocenters. The van der Waals surface area contributed by atoms with E-state index in [0.29, 0.717) is 0 Å². The Hall–Kier alpha value is -1.31. The van der Waals surface area contributed by atoms with E-state index < -0.39 is 0 Å². The first-order valence-corrected chi connectivity index (χ1v) is 6.49. The minimum atomic E-state index is 0.813. The highest BCUT2D eigenvalue weighted by Crippen LogP contribution is 2.30. The molecule has 2 aromatic carbocycles. The van der Waals surface area contributed by atoms with Crippen molar-refractivity contribution in [1.29, 1.82) is 0 Å². The average Bonchev–Trinajstić information content (AvgIpc) is 2.28. The fraction of sp³-hybridized carbons (Fsp3) is 0.250. The van der Waals surface area contributed by atoms with Gasteiger partial charge < -0.3 is 5.32 Å². The van der Waals surface area contributed by atoms with Gasteiger partial charge in [-0.2, -0.15) is 0 Å². The van der Waals surface area contributed by atoms with E-state index in [0.717, 1.165) is 17.1 Å². The molecule has 0 aliphatic carbocycles. The zero-order chi connectivity index (χ0) is 13.1. The van der Waals surface area contributed by atoms with Crippen molar-refractivity contribution in [1.82, 2.24) is 5.32 Å². The molecule has 0 aromatic heterocycles. The lowest BCUT2D eigenvalue weighted by Crippen LogP contribution is -2.04. The molecule has 2 aromatic rings. The van der Waals surface area contributed by atoms with E-state index in [2.05, 4.69) is 49.5 Å². The van der Waals surface area contributed by atoms with Gasteiger partial charge in [-0.25, -0.2) is 0 Å². The third-order valence-electron chi connectivity index (χ3n) is 2.95. The first-order valence-electron chi connectivity index (χ1n) is 6.12. The monoisotopic (exact) mass is 259 g/mol. The molecule has 0 saturated heterocycles. The largest absolute Gasteiger partial charge is 0.316 e. The summed E-state index contributed by atoms with van der Waals surface area (Å²) in [6, 6.07) is 12.8. The first kappa shape index (κ1) is 13.1. The van der Waals surface area contributed by atoms with E-state index in [1.807, 2.05) is 13.1 Å². The summed E-state index contributed by atoms with van der Waals surface area (Å²) in [7, 11) is 1.94. The molecule has 1 nitrogen and oxygen atoms in total. The van der Waals surface area contributed by atoms with Gasteiger partial charge in [0.15, 0.2) is 0 Å². The molecular weight excluding hydrogens is 242 g/mol. The third kappa shape index (κ3) is 2.92. The zero-order valence-electron chi connectivity index (χ0n) is 11.0. The van der Waals surface area contributed by atoms with Crippen LogP contribution in [0.3, 0.4) is 0 Å². The number of hydrogen-bond acceptors (Lipinski definition) is 1. The average molecular weight is 260 g/mol. The minimum absolute atomic E-state index is 0.813. The molecule has 1 N–H and O–H groups in total. The van der Waals surface area contributed by atoms with Crippen LogP contribution in [0.25, 0.3) is 11.1 Å². The summed E-state index contributed by atoms with van der Waals surface area (Å²) >= 11 is 6.38. The maximum Gasteiger partial charge on any atom is 0.0487 e. The normalized spacial score (nSPS) is 10.7. The Morgan fingerprint density at radius 3 is 2.22 bits per heavy atom. The Labute approximate surface area is 114 Å². The molecule has 0 unspecified atom stereocenters. The Kier molecular flexibility index (Phi) is 4.05. The van der Waals surface area contributed by atoms with Gasteiger partial charge in [0, 0.05) is 17.1 Å². The quantitative estimate of drug-likeness (QED) is 0.865. The highest BCUT2D eigenvalue weighted by atomic mass is 35.5. The van der Waals surface area contributed by atoms with Crippen molar-refractivity contribution < 1.29 is 0 Å². The van der Waals surface area contributed by atoms with Gasteiger partial charge >= 0.3 is 0 Å². The SMILES string of the molecule is CNCc1ccc(-c2cc(C)cc(C)c2)c(Cl)c1. The molecule has 0 fully saturated rings. The van der Waals surface area contributed by atoms with Crippen molar-refractivity contribution in [3.05, 3.63) is 58.1 Å². The molecule has 0 heterocycles. The molecular formula is C16H18ClN. The summed E-state index contributed by atoms with van der Waals surface area (Å²) in [6.45, 7) is 5.06. The maximum atomic E-state index is 6.38. The van der Waals surface area contributed by atoms with E-state index >= 15 is 0 Å².